The molecule has 1 amide bonds. The number of thiophene rings is 1. The summed E-state index contributed by atoms with van der Waals surface area (Å²) in [6.07, 6.45) is -2.50. The Morgan fingerprint density at radius 1 is 1.60 bits per heavy atom. The Balaban J connectivity index is 2.44. The van der Waals surface area contributed by atoms with Crippen molar-refractivity contribution in [3.8, 4) is 11.8 Å². The van der Waals surface area contributed by atoms with Gasteiger partial charge in [0.05, 0.1) is 16.4 Å². The maximum Gasteiger partial charge on any atom is 0.261 e. The van der Waals surface area contributed by atoms with Crippen LogP contribution in [0.4, 0.5) is 8.78 Å². The van der Waals surface area contributed by atoms with Crippen molar-refractivity contribution in [1.82, 2.24) is 5.32 Å². The first-order valence-electron chi connectivity index (χ1n) is 5.89. The van der Waals surface area contributed by atoms with E-state index in [0.717, 1.165) is 10.4 Å². The van der Waals surface area contributed by atoms with Gasteiger partial charge in [-0.1, -0.05) is 11.8 Å². The van der Waals surface area contributed by atoms with E-state index in [4.69, 9.17) is 5.11 Å². The van der Waals surface area contributed by atoms with E-state index in [-0.39, 0.29) is 25.7 Å². The number of alkyl halides is 2. The van der Waals surface area contributed by atoms with Gasteiger partial charge in [0.15, 0.2) is 0 Å². The molecule has 1 rings (SSSR count). The average Bonchev–Trinajstić information content (AvgIpc) is 2.77. The summed E-state index contributed by atoms with van der Waals surface area (Å²) in [5, 5.41) is 11.2. The lowest BCUT2D eigenvalue weighted by molar-refractivity contribution is 0.0188. The molecule has 20 heavy (non-hydrogen) atoms. The number of nitrogens with one attached hydrogen (secondary N) is 1. The van der Waals surface area contributed by atoms with Crippen LogP contribution in [0.2, 0.25) is 0 Å². The number of carbonyl (C=O) groups is 1. The second-order valence-electron chi connectivity index (χ2n) is 3.80. The van der Waals surface area contributed by atoms with Gasteiger partial charge in [0.1, 0.15) is 13.2 Å². The van der Waals surface area contributed by atoms with E-state index in [1.807, 2.05) is 6.92 Å². The molecule has 110 valence electrons. The minimum Gasteiger partial charge on any atom is -0.384 e. The van der Waals surface area contributed by atoms with Gasteiger partial charge < -0.3 is 15.2 Å². The van der Waals surface area contributed by atoms with Crippen molar-refractivity contribution in [3.05, 3.63) is 21.4 Å². The molecule has 7 heteroatoms. The number of carbonyl (C=O) groups excluding carboxylic acids is 1. The molecular formula is C13H15F2NO3S. The first kappa shape index (κ1) is 16.6. The van der Waals surface area contributed by atoms with E-state index in [0.29, 0.717) is 4.88 Å². The number of aliphatic hydroxyl groups excluding tert-OH is 1. The zero-order chi connectivity index (χ0) is 15.0. The molecule has 4 nitrogen and oxygen atoms in total. The van der Waals surface area contributed by atoms with Crippen LogP contribution in [0.5, 0.6) is 0 Å². The largest absolute Gasteiger partial charge is 0.384 e. The minimum absolute atomic E-state index is 0.0393. The Kier molecular flexibility index (Phi) is 7.15. The molecule has 2 N–H and O–H groups in total. The molecule has 0 aliphatic rings. The van der Waals surface area contributed by atoms with Crippen LogP contribution in [0.15, 0.2) is 6.07 Å². The molecule has 0 fully saturated rings. The normalized spacial score (nSPS) is 10.2. The minimum atomic E-state index is -2.50. The van der Waals surface area contributed by atoms with Crippen LogP contribution in [0.1, 0.15) is 20.1 Å². The van der Waals surface area contributed by atoms with Gasteiger partial charge >= 0.3 is 0 Å². The van der Waals surface area contributed by atoms with Crippen LogP contribution in [0.3, 0.4) is 0 Å². The third-order valence-corrected chi connectivity index (χ3v) is 3.35. The summed E-state index contributed by atoms with van der Waals surface area (Å²) < 4.78 is 28.2. The predicted octanol–water partition coefficient (Wildman–Crippen LogP) is 1.41. The summed E-state index contributed by atoms with van der Waals surface area (Å²) in [4.78, 5) is 13.0. The number of hydrogen-bond acceptors (Lipinski definition) is 4. The molecule has 0 saturated heterocycles. The quantitative estimate of drug-likeness (QED) is 0.617. The van der Waals surface area contributed by atoms with Crippen LogP contribution in [0.25, 0.3) is 0 Å². The highest BCUT2D eigenvalue weighted by atomic mass is 32.1. The Hall–Kier alpha value is -1.49. The van der Waals surface area contributed by atoms with Crippen LogP contribution >= 0.6 is 11.3 Å². The van der Waals surface area contributed by atoms with E-state index in [9.17, 15) is 13.6 Å². The third kappa shape index (κ3) is 5.65. The highest BCUT2D eigenvalue weighted by Gasteiger charge is 2.11. The van der Waals surface area contributed by atoms with Crippen LogP contribution in [-0.4, -0.2) is 43.8 Å². The topological polar surface area (TPSA) is 58.6 Å². The van der Waals surface area contributed by atoms with Crippen molar-refractivity contribution in [2.45, 2.75) is 13.3 Å². The van der Waals surface area contributed by atoms with Gasteiger partial charge in [0.25, 0.3) is 12.3 Å². The van der Waals surface area contributed by atoms with Crippen LogP contribution in [-0.2, 0) is 4.74 Å². The lowest BCUT2D eigenvalue weighted by atomic mass is 10.2. The summed E-state index contributed by atoms with van der Waals surface area (Å²) in [5.41, 5.74) is 0.857. The fourth-order valence-corrected chi connectivity index (χ4v) is 2.30. The molecular weight excluding hydrogens is 288 g/mol. The SMILES string of the molecule is Cc1cc(C(=O)NCCOCC(F)F)sc1C#CCO. The zero-order valence-corrected chi connectivity index (χ0v) is 11.7. The number of aryl methyl sites for hydroxylation is 1. The van der Waals surface area contributed by atoms with Gasteiger partial charge in [0.2, 0.25) is 0 Å². The van der Waals surface area contributed by atoms with Gasteiger partial charge in [-0.15, -0.1) is 11.3 Å². The lowest BCUT2D eigenvalue weighted by Gasteiger charge is -2.04. The summed E-state index contributed by atoms with van der Waals surface area (Å²) in [7, 11) is 0. The predicted molar refractivity (Wildman–Crippen MR) is 72.2 cm³/mol. The standard InChI is InChI=1S/C13H15F2NO3S/c1-9-7-11(20-10(9)3-2-5-17)13(18)16-4-6-19-8-12(14)15/h7,12,17H,4-6,8H2,1H3,(H,16,18). The Labute approximate surface area is 119 Å². The van der Waals surface area contributed by atoms with Gasteiger partial charge in [-0.05, 0) is 18.6 Å². The molecule has 0 aliphatic carbocycles. The molecule has 0 aliphatic heterocycles. The summed E-state index contributed by atoms with van der Waals surface area (Å²) in [5.74, 6) is 4.98. The first-order chi connectivity index (χ1) is 9.54. The van der Waals surface area contributed by atoms with Crippen molar-refractivity contribution in [2.24, 2.45) is 0 Å². The van der Waals surface area contributed by atoms with Crippen molar-refractivity contribution >= 4 is 17.2 Å². The zero-order valence-electron chi connectivity index (χ0n) is 10.9. The Morgan fingerprint density at radius 2 is 2.35 bits per heavy atom. The molecule has 0 unspecified atom stereocenters. The number of amides is 1. The second-order valence-corrected chi connectivity index (χ2v) is 4.86. The number of aliphatic hydroxyl groups is 1. The van der Waals surface area contributed by atoms with E-state index < -0.39 is 13.0 Å². The summed E-state index contributed by atoms with van der Waals surface area (Å²) in [6.45, 7) is 1.16. The number of hydrogen-bond donors (Lipinski definition) is 2. The molecule has 0 radical (unpaired) electrons. The molecule has 0 atom stereocenters. The molecule has 0 spiro atoms. The maximum absolute atomic E-state index is 11.8. The molecule has 0 aromatic carbocycles. The summed E-state index contributed by atoms with van der Waals surface area (Å²) in [6, 6.07) is 1.70. The molecule has 0 bridgehead atoms. The van der Waals surface area contributed by atoms with Crippen molar-refractivity contribution in [1.29, 1.82) is 0 Å². The maximum atomic E-state index is 11.8. The van der Waals surface area contributed by atoms with Crippen molar-refractivity contribution < 1.29 is 23.4 Å². The molecule has 1 heterocycles. The van der Waals surface area contributed by atoms with E-state index in [2.05, 4.69) is 21.9 Å². The number of halogens is 2. The molecule has 1 aromatic rings. The number of ether oxygens (including phenoxy) is 1. The highest BCUT2D eigenvalue weighted by molar-refractivity contribution is 7.14. The first-order valence-corrected chi connectivity index (χ1v) is 6.70. The van der Waals surface area contributed by atoms with Gasteiger partial charge in [-0.2, -0.15) is 0 Å². The second kappa shape index (κ2) is 8.64. The Bertz CT molecular complexity index is 505. The van der Waals surface area contributed by atoms with Gasteiger partial charge in [0, 0.05) is 6.54 Å². The van der Waals surface area contributed by atoms with Crippen molar-refractivity contribution in [3.63, 3.8) is 0 Å². The summed E-state index contributed by atoms with van der Waals surface area (Å²) >= 11 is 1.22. The Morgan fingerprint density at radius 3 is 3.00 bits per heavy atom. The van der Waals surface area contributed by atoms with E-state index >= 15 is 0 Å². The fraction of sp³-hybridized carbons (Fsp3) is 0.462. The number of rotatable bonds is 6. The van der Waals surface area contributed by atoms with Crippen LogP contribution in [0, 0.1) is 18.8 Å². The smallest absolute Gasteiger partial charge is 0.261 e. The average molecular weight is 303 g/mol. The van der Waals surface area contributed by atoms with E-state index in [1.165, 1.54) is 11.3 Å². The monoisotopic (exact) mass is 303 g/mol. The molecule has 1 aromatic heterocycles. The van der Waals surface area contributed by atoms with Gasteiger partial charge in [-0.25, -0.2) is 8.78 Å². The third-order valence-electron chi connectivity index (χ3n) is 2.20. The van der Waals surface area contributed by atoms with Crippen LogP contribution < -0.4 is 5.32 Å². The highest BCUT2D eigenvalue weighted by Crippen LogP contribution is 2.20. The van der Waals surface area contributed by atoms with E-state index in [1.54, 1.807) is 6.07 Å². The van der Waals surface area contributed by atoms with Gasteiger partial charge in [-0.3, -0.25) is 4.79 Å². The fourth-order valence-electron chi connectivity index (χ4n) is 1.33. The van der Waals surface area contributed by atoms with Crippen molar-refractivity contribution in [2.75, 3.05) is 26.4 Å². The lowest BCUT2D eigenvalue weighted by Crippen LogP contribution is -2.27. The molecule has 0 saturated carbocycles.